The van der Waals surface area contributed by atoms with Gasteiger partial charge in [-0.2, -0.15) is 0 Å². The quantitative estimate of drug-likeness (QED) is 0.347. The van der Waals surface area contributed by atoms with E-state index in [-0.39, 0.29) is 37.7 Å². The van der Waals surface area contributed by atoms with E-state index < -0.39 is 16.1 Å². The first-order valence-corrected chi connectivity index (χ1v) is 14.7. The number of hydrogen-bond donors (Lipinski definition) is 1. The van der Waals surface area contributed by atoms with E-state index in [0.29, 0.717) is 17.9 Å². The molecule has 0 heterocycles. The zero-order valence-corrected chi connectivity index (χ0v) is 23.8. The number of ether oxygens (including phenoxy) is 1. The Labute approximate surface area is 231 Å². The lowest BCUT2D eigenvalue weighted by Gasteiger charge is -2.31. The molecular formula is C30H37N3O5S. The second-order valence-corrected chi connectivity index (χ2v) is 11.4. The summed E-state index contributed by atoms with van der Waals surface area (Å²) in [6.07, 6.45) is 1.87. The Hall–Kier alpha value is -3.85. The molecule has 3 aromatic rings. The molecule has 2 amide bonds. The zero-order valence-electron chi connectivity index (χ0n) is 23.0. The van der Waals surface area contributed by atoms with Gasteiger partial charge in [0.05, 0.1) is 19.1 Å². The SMILES string of the molecule is CNC(=O)[C@@H](Cc1ccccc1)N(Cc1cccc(C)c1)C(=O)CCCN(c1ccc(OC)cc1)S(C)(=O)=O. The van der Waals surface area contributed by atoms with Gasteiger partial charge in [0.2, 0.25) is 21.8 Å². The Morgan fingerprint density at radius 3 is 2.21 bits per heavy atom. The molecule has 208 valence electrons. The van der Waals surface area contributed by atoms with Crippen molar-refractivity contribution < 1.29 is 22.7 Å². The van der Waals surface area contributed by atoms with Crippen LogP contribution >= 0.6 is 0 Å². The number of aryl methyl sites for hydroxylation is 1. The summed E-state index contributed by atoms with van der Waals surface area (Å²) in [6.45, 7) is 2.37. The minimum atomic E-state index is -3.58. The van der Waals surface area contributed by atoms with Crippen molar-refractivity contribution in [2.24, 2.45) is 0 Å². The third-order valence-electron chi connectivity index (χ3n) is 6.47. The largest absolute Gasteiger partial charge is 0.497 e. The van der Waals surface area contributed by atoms with Gasteiger partial charge in [-0.3, -0.25) is 13.9 Å². The van der Waals surface area contributed by atoms with Crippen molar-refractivity contribution in [3.63, 3.8) is 0 Å². The third kappa shape index (κ3) is 8.58. The fraction of sp³-hybridized carbons (Fsp3) is 0.333. The minimum Gasteiger partial charge on any atom is -0.497 e. The summed E-state index contributed by atoms with van der Waals surface area (Å²) in [4.78, 5) is 28.4. The first-order valence-electron chi connectivity index (χ1n) is 12.8. The standard InChI is InChI=1S/C30H37N3O5S/c1-23-10-8-13-25(20-23)22-32(28(30(35)31-2)21-24-11-6-5-7-12-24)29(34)14-9-19-33(39(4,36)37)26-15-17-27(38-3)18-16-26/h5-8,10-13,15-18,20,28H,9,14,19,21-22H2,1-4H3,(H,31,35)/t28-/m1/s1. The Kier molecular flexibility index (Phi) is 10.5. The van der Waals surface area contributed by atoms with Crippen LogP contribution in [0.15, 0.2) is 78.9 Å². The van der Waals surface area contributed by atoms with Gasteiger partial charge in [0.25, 0.3) is 0 Å². The fourth-order valence-electron chi connectivity index (χ4n) is 4.48. The topological polar surface area (TPSA) is 96.0 Å². The molecule has 0 radical (unpaired) electrons. The van der Waals surface area contributed by atoms with E-state index in [1.54, 1.807) is 43.3 Å². The number of methoxy groups -OCH3 is 1. The van der Waals surface area contributed by atoms with E-state index in [9.17, 15) is 18.0 Å². The van der Waals surface area contributed by atoms with Gasteiger partial charge in [-0.15, -0.1) is 0 Å². The van der Waals surface area contributed by atoms with E-state index >= 15 is 0 Å². The van der Waals surface area contributed by atoms with Gasteiger partial charge >= 0.3 is 0 Å². The highest BCUT2D eigenvalue weighted by atomic mass is 32.2. The van der Waals surface area contributed by atoms with Crippen molar-refractivity contribution in [1.82, 2.24) is 10.2 Å². The van der Waals surface area contributed by atoms with Gasteiger partial charge in [-0.05, 0) is 48.7 Å². The predicted molar refractivity (Wildman–Crippen MR) is 154 cm³/mol. The van der Waals surface area contributed by atoms with Crippen LogP contribution < -0.4 is 14.4 Å². The smallest absolute Gasteiger partial charge is 0.242 e. The molecule has 0 spiro atoms. The first kappa shape index (κ1) is 29.7. The highest BCUT2D eigenvalue weighted by molar-refractivity contribution is 7.92. The number of nitrogens with one attached hydrogen (secondary N) is 1. The second-order valence-electron chi connectivity index (χ2n) is 9.47. The minimum absolute atomic E-state index is 0.0796. The van der Waals surface area contributed by atoms with Crippen molar-refractivity contribution in [3.8, 4) is 5.75 Å². The van der Waals surface area contributed by atoms with Crippen molar-refractivity contribution in [3.05, 3.63) is 95.6 Å². The van der Waals surface area contributed by atoms with Crippen molar-refractivity contribution in [2.45, 2.75) is 38.8 Å². The molecule has 0 saturated carbocycles. The number of anilines is 1. The van der Waals surface area contributed by atoms with E-state index in [4.69, 9.17) is 4.74 Å². The molecule has 3 rings (SSSR count). The van der Waals surface area contributed by atoms with Crippen LogP contribution in [0.4, 0.5) is 5.69 Å². The molecule has 0 aliphatic heterocycles. The normalized spacial score (nSPS) is 11.9. The highest BCUT2D eigenvalue weighted by Crippen LogP contribution is 2.23. The summed E-state index contributed by atoms with van der Waals surface area (Å²) in [5.41, 5.74) is 3.41. The van der Waals surface area contributed by atoms with E-state index in [2.05, 4.69) is 5.32 Å². The van der Waals surface area contributed by atoms with Crippen LogP contribution in [0, 0.1) is 6.92 Å². The predicted octanol–water partition coefficient (Wildman–Crippen LogP) is 3.94. The van der Waals surface area contributed by atoms with Crippen LogP contribution in [-0.4, -0.2) is 58.1 Å². The summed E-state index contributed by atoms with van der Waals surface area (Å²) in [5.74, 6) is 0.146. The number of carbonyl (C=O) groups is 2. The van der Waals surface area contributed by atoms with Crippen molar-refractivity contribution in [1.29, 1.82) is 0 Å². The lowest BCUT2D eigenvalue weighted by molar-refractivity contribution is -0.141. The maximum atomic E-state index is 13.7. The van der Waals surface area contributed by atoms with Gasteiger partial charge < -0.3 is 15.0 Å². The molecule has 39 heavy (non-hydrogen) atoms. The van der Waals surface area contributed by atoms with Crippen LogP contribution in [0.2, 0.25) is 0 Å². The van der Waals surface area contributed by atoms with Crippen LogP contribution in [0.1, 0.15) is 29.5 Å². The molecule has 9 heteroatoms. The van der Waals surface area contributed by atoms with Gasteiger partial charge in [0, 0.05) is 33.0 Å². The van der Waals surface area contributed by atoms with Crippen molar-refractivity contribution in [2.75, 3.05) is 31.3 Å². The number of nitrogens with zero attached hydrogens (tertiary/aromatic N) is 2. The molecule has 0 aliphatic rings. The number of likely N-dealkylation sites (N-methyl/N-ethyl adjacent to an activating group) is 1. The molecule has 0 aliphatic carbocycles. The maximum Gasteiger partial charge on any atom is 0.242 e. The summed E-state index contributed by atoms with van der Waals surface area (Å²) >= 11 is 0. The summed E-state index contributed by atoms with van der Waals surface area (Å²) in [5, 5.41) is 2.71. The van der Waals surface area contributed by atoms with E-state index in [1.165, 1.54) is 4.31 Å². The van der Waals surface area contributed by atoms with Crippen LogP contribution in [0.5, 0.6) is 5.75 Å². The monoisotopic (exact) mass is 551 g/mol. The Balaban J connectivity index is 1.83. The Morgan fingerprint density at radius 1 is 0.949 bits per heavy atom. The molecular weight excluding hydrogens is 514 g/mol. The second kappa shape index (κ2) is 13.8. The van der Waals surface area contributed by atoms with Gasteiger partial charge in [0.1, 0.15) is 11.8 Å². The lowest BCUT2D eigenvalue weighted by atomic mass is 10.0. The number of benzene rings is 3. The average Bonchev–Trinajstić information content (AvgIpc) is 2.92. The van der Waals surface area contributed by atoms with Crippen molar-refractivity contribution >= 4 is 27.5 Å². The van der Waals surface area contributed by atoms with Gasteiger partial charge in [-0.25, -0.2) is 8.42 Å². The van der Waals surface area contributed by atoms with Gasteiger partial charge in [0.15, 0.2) is 0 Å². The van der Waals surface area contributed by atoms with E-state index in [1.807, 2.05) is 61.5 Å². The molecule has 1 N–H and O–H groups in total. The number of sulfonamides is 1. The molecule has 0 saturated heterocycles. The molecule has 0 unspecified atom stereocenters. The Bertz CT molecular complexity index is 1340. The third-order valence-corrected chi connectivity index (χ3v) is 7.66. The van der Waals surface area contributed by atoms with Crippen LogP contribution in [0.3, 0.4) is 0 Å². The van der Waals surface area contributed by atoms with Crippen LogP contribution in [0.25, 0.3) is 0 Å². The maximum absolute atomic E-state index is 13.7. The lowest BCUT2D eigenvalue weighted by Crippen LogP contribution is -2.49. The zero-order chi connectivity index (χ0) is 28.4. The molecule has 0 bridgehead atoms. The fourth-order valence-corrected chi connectivity index (χ4v) is 5.45. The molecule has 8 nitrogen and oxygen atoms in total. The molecule has 1 atom stereocenters. The van der Waals surface area contributed by atoms with Crippen LogP contribution in [-0.2, 0) is 32.6 Å². The van der Waals surface area contributed by atoms with Gasteiger partial charge in [-0.1, -0.05) is 60.2 Å². The molecule has 3 aromatic carbocycles. The Morgan fingerprint density at radius 2 is 1.62 bits per heavy atom. The average molecular weight is 552 g/mol. The highest BCUT2D eigenvalue weighted by Gasteiger charge is 2.30. The number of rotatable bonds is 13. The molecule has 0 aromatic heterocycles. The summed E-state index contributed by atoms with van der Waals surface area (Å²) in [7, 11) is -0.473. The first-order chi connectivity index (χ1) is 18.6. The molecule has 0 fully saturated rings. The van der Waals surface area contributed by atoms with E-state index in [0.717, 1.165) is 22.9 Å². The summed E-state index contributed by atoms with van der Waals surface area (Å²) < 4.78 is 31.6. The summed E-state index contributed by atoms with van der Waals surface area (Å²) in [6, 6.07) is 23.4. The number of carbonyl (C=O) groups excluding carboxylic acids is 2. The number of amides is 2. The number of hydrogen-bond acceptors (Lipinski definition) is 5.